The summed E-state index contributed by atoms with van der Waals surface area (Å²) in [6.07, 6.45) is 3.39. The maximum atomic E-state index is 12.0. The molecule has 1 aromatic carbocycles. The molecule has 6 heteroatoms. The molecular weight excluding hydrogens is 328 g/mol. The first-order valence-electron chi connectivity index (χ1n) is 6.55. The molecule has 0 aromatic heterocycles. The van der Waals surface area contributed by atoms with Crippen molar-refractivity contribution in [2.24, 2.45) is 0 Å². The van der Waals surface area contributed by atoms with Gasteiger partial charge in [-0.05, 0) is 63.2 Å². The Balaban J connectivity index is 1.79. The largest absolute Gasteiger partial charge is 0.303 e. The van der Waals surface area contributed by atoms with E-state index in [0.717, 1.165) is 30.5 Å². The molecule has 1 aliphatic heterocycles. The zero-order valence-corrected chi connectivity index (χ0v) is 13.2. The lowest BCUT2D eigenvalue weighted by Gasteiger charge is -2.14. The predicted octanol–water partition coefficient (Wildman–Crippen LogP) is 2.21. The zero-order chi connectivity index (χ0) is 13.7. The van der Waals surface area contributed by atoms with Crippen LogP contribution >= 0.6 is 15.9 Å². The normalized spacial score (nSPS) is 16.9. The number of halogens is 1. The van der Waals surface area contributed by atoms with Crippen molar-refractivity contribution in [1.29, 1.82) is 0 Å². The molecule has 1 aromatic rings. The van der Waals surface area contributed by atoms with E-state index in [2.05, 4.69) is 25.6 Å². The zero-order valence-electron chi connectivity index (χ0n) is 10.8. The molecule has 0 amide bonds. The molecule has 0 saturated carbocycles. The molecule has 106 valence electrons. The molecule has 0 atom stereocenters. The van der Waals surface area contributed by atoms with Crippen LogP contribution < -0.4 is 4.72 Å². The highest BCUT2D eigenvalue weighted by Crippen LogP contribution is 2.14. The van der Waals surface area contributed by atoms with Crippen LogP contribution in [0.4, 0.5) is 0 Å². The highest BCUT2D eigenvalue weighted by Gasteiger charge is 2.14. The second kappa shape index (κ2) is 6.83. The number of rotatable bonds is 6. The first-order chi connectivity index (χ1) is 9.08. The minimum absolute atomic E-state index is 0.317. The number of benzene rings is 1. The van der Waals surface area contributed by atoms with Crippen molar-refractivity contribution < 1.29 is 8.42 Å². The van der Waals surface area contributed by atoms with Crippen LogP contribution in [0.25, 0.3) is 0 Å². The third kappa shape index (κ3) is 4.56. The number of nitrogens with one attached hydrogen (secondary N) is 1. The second-order valence-electron chi connectivity index (χ2n) is 4.75. The Labute approximate surface area is 123 Å². The Hall–Kier alpha value is -0.430. The fraction of sp³-hybridized carbons (Fsp3) is 0.538. The van der Waals surface area contributed by atoms with Gasteiger partial charge in [0.1, 0.15) is 0 Å². The topological polar surface area (TPSA) is 49.4 Å². The van der Waals surface area contributed by atoms with E-state index >= 15 is 0 Å². The Morgan fingerprint density at radius 2 is 1.79 bits per heavy atom. The number of likely N-dealkylation sites (tertiary alicyclic amines) is 1. The van der Waals surface area contributed by atoms with Crippen molar-refractivity contribution in [3.63, 3.8) is 0 Å². The second-order valence-corrected chi connectivity index (χ2v) is 7.44. The van der Waals surface area contributed by atoms with Gasteiger partial charge in [-0.1, -0.05) is 15.9 Å². The van der Waals surface area contributed by atoms with E-state index in [1.54, 1.807) is 24.3 Å². The monoisotopic (exact) mass is 346 g/mol. The van der Waals surface area contributed by atoms with Crippen LogP contribution in [0.5, 0.6) is 0 Å². The highest BCUT2D eigenvalue weighted by atomic mass is 79.9. The van der Waals surface area contributed by atoms with Gasteiger partial charge in [0.15, 0.2) is 0 Å². The van der Waals surface area contributed by atoms with Gasteiger partial charge in [-0.25, -0.2) is 13.1 Å². The smallest absolute Gasteiger partial charge is 0.240 e. The van der Waals surface area contributed by atoms with E-state index in [1.807, 2.05) is 0 Å². The Morgan fingerprint density at radius 3 is 2.42 bits per heavy atom. The molecular formula is C13H19BrN2O2S. The molecule has 1 saturated heterocycles. The molecule has 4 nitrogen and oxygen atoms in total. The summed E-state index contributed by atoms with van der Waals surface area (Å²) in [6, 6.07) is 6.68. The lowest BCUT2D eigenvalue weighted by Crippen LogP contribution is -2.28. The first-order valence-corrected chi connectivity index (χ1v) is 8.83. The molecule has 0 radical (unpaired) electrons. The van der Waals surface area contributed by atoms with Crippen molar-refractivity contribution >= 4 is 26.0 Å². The average Bonchev–Trinajstić information content (AvgIpc) is 2.88. The molecule has 0 bridgehead atoms. The van der Waals surface area contributed by atoms with E-state index in [4.69, 9.17) is 0 Å². The third-order valence-electron chi connectivity index (χ3n) is 3.27. The maximum Gasteiger partial charge on any atom is 0.240 e. The summed E-state index contributed by atoms with van der Waals surface area (Å²) >= 11 is 3.29. The fourth-order valence-corrected chi connectivity index (χ4v) is 3.55. The molecule has 1 aliphatic rings. The Bertz CT molecular complexity index is 496. The number of hydrogen-bond donors (Lipinski definition) is 1. The molecule has 19 heavy (non-hydrogen) atoms. The summed E-state index contributed by atoms with van der Waals surface area (Å²) in [4.78, 5) is 2.70. The van der Waals surface area contributed by atoms with Crippen LogP contribution in [0, 0.1) is 0 Å². The van der Waals surface area contributed by atoms with Crippen LogP contribution in [0.15, 0.2) is 33.6 Å². The van der Waals surface area contributed by atoms with E-state index in [9.17, 15) is 8.42 Å². The van der Waals surface area contributed by atoms with Gasteiger partial charge in [0.05, 0.1) is 4.90 Å². The van der Waals surface area contributed by atoms with E-state index in [0.29, 0.717) is 11.4 Å². The predicted molar refractivity (Wildman–Crippen MR) is 79.6 cm³/mol. The summed E-state index contributed by atoms with van der Waals surface area (Å²) in [6.45, 7) is 3.77. The van der Waals surface area contributed by atoms with Crippen molar-refractivity contribution in [1.82, 2.24) is 9.62 Å². The summed E-state index contributed by atoms with van der Waals surface area (Å²) in [5, 5.41) is 0. The molecule has 2 rings (SSSR count). The standard InChI is InChI=1S/C13H19BrN2O2S/c14-12-4-6-13(7-5-12)19(17,18)15-8-3-11-16-9-1-2-10-16/h4-7,15H,1-3,8-11H2. The van der Waals surface area contributed by atoms with Gasteiger partial charge in [0.2, 0.25) is 10.0 Å². The number of nitrogens with zero attached hydrogens (tertiary/aromatic N) is 1. The lowest BCUT2D eigenvalue weighted by atomic mass is 10.4. The van der Waals surface area contributed by atoms with Crippen LogP contribution in [0.1, 0.15) is 19.3 Å². The minimum atomic E-state index is -3.36. The van der Waals surface area contributed by atoms with Gasteiger partial charge in [0.25, 0.3) is 0 Å². The van der Waals surface area contributed by atoms with Gasteiger partial charge < -0.3 is 4.90 Å². The first kappa shape index (κ1) is 15.0. The summed E-state index contributed by atoms with van der Waals surface area (Å²) in [5.74, 6) is 0. The minimum Gasteiger partial charge on any atom is -0.303 e. The van der Waals surface area contributed by atoms with Crippen LogP contribution in [-0.4, -0.2) is 39.5 Å². The van der Waals surface area contributed by atoms with Gasteiger partial charge in [-0.2, -0.15) is 0 Å². The average molecular weight is 347 g/mol. The van der Waals surface area contributed by atoms with Crippen LogP contribution in [0.2, 0.25) is 0 Å². The number of sulfonamides is 1. The van der Waals surface area contributed by atoms with Gasteiger partial charge in [-0.3, -0.25) is 0 Å². The van der Waals surface area contributed by atoms with Gasteiger partial charge in [-0.15, -0.1) is 0 Å². The molecule has 1 fully saturated rings. The van der Waals surface area contributed by atoms with Crippen molar-refractivity contribution in [3.8, 4) is 0 Å². The van der Waals surface area contributed by atoms with Gasteiger partial charge in [0, 0.05) is 11.0 Å². The van der Waals surface area contributed by atoms with Crippen molar-refractivity contribution in [3.05, 3.63) is 28.7 Å². The van der Waals surface area contributed by atoms with Crippen molar-refractivity contribution in [2.75, 3.05) is 26.2 Å². The molecule has 1 N–H and O–H groups in total. The highest BCUT2D eigenvalue weighted by molar-refractivity contribution is 9.10. The quantitative estimate of drug-likeness (QED) is 0.803. The maximum absolute atomic E-state index is 12.0. The number of hydrogen-bond acceptors (Lipinski definition) is 3. The summed E-state index contributed by atoms with van der Waals surface area (Å²) in [7, 11) is -3.36. The SMILES string of the molecule is O=S(=O)(NCCCN1CCCC1)c1ccc(Br)cc1. The van der Waals surface area contributed by atoms with E-state index in [1.165, 1.54) is 12.8 Å². The third-order valence-corrected chi connectivity index (χ3v) is 5.27. The van der Waals surface area contributed by atoms with E-state index in [-0.39, 0.29) is 0 Å². The lowest BCUT2D eigenvalue weighted by molar-refractivity contribution is 0.334. The Kier molecular flexibility index (Phi) is 5.38. The molecule has 0 aliphatic carbocycles. The van der Waals surface area contributed by atoms with E-state index < -0.39 is 10.0 Å². The van der Waals surface area contributed by atoms with Crippen LogP contribution in [-0.2, 0) is 10.0 Å². The molecule has 0 unspecified atom stereocenters. The molecule has 0 spiro atoms. The molecule has 1 heterocycles. The van der Waals surface area contributed by atoms with Crippen LogP contribution in [0.3, 0.4) is 0 Å². The summed E-state index contributed by atoms with van der Waals surface area (Å²) < 4.78 is 27.5. The summed E-state index contributed by atoms with van der Waals surface area (Å²) in [5.41, 5.74) is 0. The fourth-order valence-electron chi connectivity index (χ4n) is 2.21. The van der Waals surface area contributed by atoms with Crippen molar-refractivity contribution in [2.45, 2.75) is 24.2 Å². The Morgan fingerprint density at radius 1 is 1.16 bits per heavy atom. The van der Waals surface area contributed by atoms with Gasteiger partial charge >= 0.3 is 0 Å².